The number of rotatable bonds is 4. The molecule has 0 saturated carbocycles. The van der Waals surface area contributed by atoms with Gasteiger partial charge in [-0.2, -0.15) is 0 Å². The van der Waals surface area contributed by atoms with Gasteiger partial charge in [-0.3, -0.25) is 0 Å². The molecule has 0 spiro atoms. The van der Waals surface area contributed by atoms with E-state index < -0.39 is 19.7 Å². The zero-order valence-corrected chi connectivity index (χ0v) is 20.1. The van der Waals surface area contributed by atoms with Gasteiger partial charge in [0, 0.05) is 0 Å². The van der Waals surface area contributed by atoms with Gasteiger partial charge >= 0.3 is 0 Å². The van der Waals surface area contributed by atoms with Gasteiger partial charge in [-0.1, -0.05) is 72.8 Å². The maximum Gasteiger partial charge on any atom is 0.206 e. The molecule has 0 amide bonds. The van der Waals surface area contributed by atoms with E-state index in [1.807, 2.05) is 14.1 Å². The van der Waals surface area contributed by atoms with Crippen LogP contribution in [-0.4, -0.2) is 30.9 Å². The van der Waals surface area contributed by atoms with Crippen molar-refractivity contribution in [3.63, 3.8) is 0 Å². The van der Waals surface area contributed by atoms with Crippen molar-refractivity contribution < 1.29 is 16.8 Å². The molecular weight excluding hydrogens is 454 g/mol. The molecule has 4 aromatic rings. The van der Waals surface area contributed by atoms with E-state index in [0.29, 0.717) is 19.6 Å². The van der Waals surface area contributed by atoms with Crippen molar-refractivity contribution in [3.05, 3.63) is 121 Å². The third-order valence-electron chi connectivity index (χ3n) is 4.21. The highest BCUT2D eigenvalue weighted by Gasteiger charge is 2.16. The Kier molecular flexibility index (Phi) is 10.00. The van der Waals surface area contributed by atoms with Crippen LogP contribution in [0.4, 0.5) is 0 Å². The maximum absolute atomic E-state index is 12.0. The summed E-state index contributed by atoms with van der Waals surface area (Å²) in [5.74, 6) is 0. The minimum absolute atomic E-state index is 0.330. The van der Waals surface area contributed by atoms with Gasteiger partial charge in [-0.05, 0) is 62.6 Å². The van der Waals surface area contributed by atoms with Crippen LogP contribution in [0.1, 0.15) is 0 Å². The third kappa shape index (κ3) is 7.39. The van der Waals surface area contributed by atoms with Gasteiger partial charge < -0.3 is 5.32 Å². The van der Waals surface area contributed by atoms with Gasteiger partial charge in [0.15, 0.2) is 0 Å². The molecule has 0 bridgehead atoms. The molecule has 0 aliphatic heterocycles. The highest BCUT2D eigenvalue weighted by atomic mass is 32.2. The van der Waals surface area contributed by atoms with Crippen molar-refractivity contribution in [2.75, 3.05) is 14.1 Å². The number of hydrogen-bond acceptors (Lipinski definition) is 5. The van der Waals surface area contributed by atoms with Crippen LogP contribution >= 0.6 is 0 Å². The smallest absolute Gasteiger partial charge is 0.206 e. The lowest BCUT2D eigenvalue weighted by Gasteiger charge is -2.03. The minimum atomic E-state index is -3.34. The molecule has 0 aliphatic carbocycles. The lowest BCUT2D eigenvalue weighted by Crippen LogP contribution is -2.00. The molecule has 0 aromatic heterocycles. The van der Waals surface area contributed by atoms with Crippen LogP contribution in [0.5, 0.6) is 0 Å². The molecule has 0 radical (unpaired) electrons. The molecule has 0 aliphatic rings. The monoisotopic (exact) mass is 481 g/mol. The lowest BCUT2D eigenvalue weighted by atomic mass is 10.4. The van der Waals surface area contributed by atoms with Crippen LogP contribution in [-0.2, 0) is 19.7 Å². The number of benzene rings is 4. The number of nitrogens with one attached hydrogen (secondary N) is 1. The van der Waals surface area contributed by atoms with E-state index in [2.05, 4.69) is 5.32 Å². The molecular formula is C26H27NO4S2. The summed E-state index contributed by atoms with van der Waals surface area (Å²) < 4.78 is 48.1. The first-order valence-corrected chi connectivity index (χ1v) is 13.1. The van der Waals surface area contributed by atoms with Crippen molar-refractivity contribution in [1.82, 2.24) is 5.32 Å². The predicted molar refractivity (Wildman–Crippen MR) is 132 cm³/mol. The van der Waals surface area contributed by atoms with E-state index in [1.54, 1.807) is 121 Å². The van der Waals surface area contributed by atoms with Crippen LogP contribution < -0.4 is 5.32 Å². The van der Waals surface area contributed by atoms with Gasteiger partial charge in [-0.15, -0.1) is 0 Å². The summed E-state index contributed by atoms with van der Waals surface area (Å²) in [5.41, 5.74) is 0. The molecule has 7 heteroatoms. The molecule has 0 atom stereocenters. The van der Waals surface area contributed by atoms with E-state index in [0.717, 1.165) is 0 Å². The van der Waals surface area contributed by atoms with Crippen molar-refractivity contribution in [2.24, 2.45) is 0 Å². The number of hydrogen-bond donors (Lipinski definition) is 1. The van der Waals surface area contributed by atoms with Crippen LogP contribution in [0.2, 0.25) is 0 Å². The summed E-state index contributed by atoms with van der Waals surface area (Å²) in [6, 6.07) is 33.7. The first kappa shape index (κ1) is 26.0. The van der Waals surface area contributed by atoms with E-state index in [9.17, 15) is 16.8 Å². The van der Waals surface area contributed by atoms with E-state index >= 15 is 0 Å². The van der Waals surface area contributed by atoms with Gasteiger partial charge in [0.25, 0.3) is 0 Å². The summed E-state index contributed by atoms with van der Waals surface area (Å²) in [4.78, 5) is 1.32. The van der Waals surface area contributed by atoms with Crippen molar-refractivity contribution in [3.8, 4) is 0 Å². The Bertz CT molecular complexity index is 1100. The average Bonchev–Trinajstić information content (AvgIpc) is 2.87. The summed E-state index contributed by atoms with van der Waals surface area (Å²) in [7, 11) is -2.93. The molecule has 4 rings (SSSR count). The molecule has 0 unspecified atom stereocenters. The topological polar surface area (TPSA) is 80.3 Å². The molecule has 0 fully saturated rings. The summed E-state index contributed by atoms with van der Waals surface area (Å²) >= 11 is 0. The SMILES string of the molecule is CNC.O=S(=O)(c1ccccc1)c1ccccc1.O=S(=O)(c1ccccc1)c1ccccc1. The molecule has 0 saturated heterocycles. The molecule has 5 nitrogen and oxygen atoms in total. The molecule has 1 N–H and O–H groups in total. The Labute approximate surface area is 196 Å². The fourth-order valence-electron chi connectivity index (χ4n) is 2.67. The van der Waals surface area contributed by atoms with Gasteiger partial charge in [-0.25, -0.2) is 16.8 Å². The van der Waals surface area contributed by atoms with Gasteiger partial charge in [0.05, 0.1) is 19.6 Å². The molecule has 33 heavy (non-hydrogen) atoms. The average molecular weight is 482 g/mol. The standard InChI is InChI=1S/2C12H10O2S.C2H7N/c2*13-15(14,11-7-3-1-4-8-11)12-9-5-2-6-10-12;1-3-2/h2*1-10H;3H,1-2H3. The quantitative estimate of drug-likeness (QED) is 0.450. The molecule has 172 valence electrons. The third-order valence-corrected chi connectivity index (χ3v) is 7.79. The second-order valence-corrected chi connectivity index (χ2v) is 10.7. The maximum atomic E-state index is 12.0. The fourth-order valence-corrected chi connectivity index (χ4v) is 5.28. The summed E-state index contributed by atoms with van der Waals surface area (Å²) in [5, 5.41) is 2.75. The van der Waals surface area contributed by atoms with Crippen LogP contribution in [0.25, 0.3) is 0 Å². The van der Waals surface area contributed by atoms with E-state index in [4.69, 9.17) is 0 Å². The van der Waals surface area contributed by atoms with E-state index in [-0.39, 0.29) is 0 Å². The normalized spacial score (nSPS) is 10.7. The largest absolute Gasteiger partial charge is 0.323 e. The second-order valence-electron chi connectivity index (χ2n) is 6.76. The first-order valence-electron chi connectivity index (χ1n) is 10.1. The van der Waals surface area contributed by atoms with Gasteiger partial charge in [0.2, 0.25) is 19.7 Å². The Morgan fingerprint density at radius 1 is 0.394 bits per heavy atom. The Morgan fingerprint density at radius 2 is 0.545 bits per heavy atom. The van der Waals surface area contributed by atoms with Crippen molar-refractivity contribution in [1.29, 1.82) is 0 Å². The predicted octanol–water partition coefficient (Wildman–Crippen LogP) is 4.87. The fraction of sp³-hybridized carbons (Fsp3) is 0.0769. The van der Waals surface area contributed by atoms with Crippen LogP contribution in [0, 0.1) is 0 Å². The van der Waals surface area contributed by atoms with Crippen LogP contribution in [0.3, 0.4) is 0 Å². The Balaban J connectivity index is 0.000000209. The lowest BCUT2D eigenvalue weighted by molar-refractivity contribution is 0.594. The minimum Gasteiger partial charge on any atom is -0.323 e. The van der Waals surface area contributed by atoms with Crippen molar-refractivity contribution >= 4 is 19.7 Å². The number of sulfone groups is 2. The molecule has 0 heterocycles. The Hall–Kier alpha value is -3.26. The van der Waals surface area contributed by atoms with E-state index in [1.165, 1.54) is 0 Å². The zero-order chi connectivity index (χ0) is 24.2. The van der Waals surface area contributed by atoms with Crippen LogP contribution in [0.15, 0.2) is 141 Å². The summed E-state index contributed by atoms with van der Waals surface area (Å²) in [6.07, 6.45) is 0. The second kappa shape index (κ2) is 12.7. The zero-order valence-electron chi connectivity index (χ0n) is 18.5. The highest BCUT2D eigenvalue weighted by molar-refractivity contribution is 7.91. The summed E-state index contributed by atoms with van der Waals surface area (Å²) in [6.45, 7) is 0. The molecule has 4 aromatic carbocycles. The first-order chi connectivity index (χ1) is 15.8. The Morgan fingerprint density at radius 3 is 0.697 bits per heavy atom. The highest BCUT2D eigenvalue weighted by Crippen LogP contribution is 2.20. The van der Waals surface area contributed by atoms with Crippen molar-refractivity contribution in [2.45, 2.75) is 19.6 Å². The van der Waals surface area contributed by atoms with Gasteiger partial charge in [0.1, 0.15) is 0 Å².